The molecule has 1 aliphatic carbocycles. The van der Waals surface area contributed by atoms with Gasteiger partial charge in [-0.2, -0.15) is 0 Å². The van der Waals surface area contributed by atoms with Crippen molar-refractivity contribution in [1.29, 1.82) is 0 Å². The predicted molar refractivity (Wildman–Crippen MR) is 82.0 cm³/mol. The number of carbonyl (C=O) groups excluding carboxylic acids is 1. The van der Waals surface area contributed by atoms with Crippen LogP contribution in [-0.2, 0) is 21.6 Å². The molecule has 0 aromatic heterocycles. The number of benzene rings is 1. The molecule has 0 bridgehead atoms. The molecule has 1 atom stereocenters. The SMILES string of the molecule is CC(C)OCCC(=O)NC[C@]1(O)CCCc2ccccc21. The molecule has 0 spiro atoms. The molecule has 21 heavy (non-hydrogen) atoms. The van der Waals surface area contributed by atoms with Gasteiger partial charge in [0.05, 0.1) is 19.3 Å². The Balaban J connectivity index is 1.89. The first kappa shape index (κ1) is 16.0. The number of fused-ring (bicyclic) bond motifs is 1. The minimum atomic E-state index is -0.941. The molecule has 2 N–H and O–H groups in total. The van der Waals surface area contributed by atoms with Crippen molar-refractivity contribution in [2.75, 3.05) is 13.2 Å². The Labute approximate surface area is 126 Å². The highest BCUT2D eigenvalue weighted by Crippen LogP contribution is 2.34. The van der Waals surface area contributed by atoms with Gasteiger partial charge in [-0.05, 0) is 44.2 Å². The predicted octanol–water partition coefficient (Wildman–Crippen LogP) is 2.14. The van der Waals surface area contributed by atoms with E-state index in [1.807, 2.05) is 32.0 Å². The van der Waals surface area contributed by atoms with Crippen LogP contribution in [0.25, 0.3) is 0 Å². The third-order valence-electron chi connectivity index (χ3n) is 3.91. The molecule has 0 aliphatic heterocycles. The van der Waals surface area contributed by atoms with Crippen LogP contribution in [-0.4, -0.2) is 30.3 Å². The van der Waals surface area contributed by atoms with Crippen molar-refractivity contribution in [3.8, 4) is 0 Å². The smallest absolute Gasteiger partial charge is 0.222 e. The van der Waals surface area contributed by atoms with E-state index >= 15 is 0 Å². The Morgan fingerprint density at radius 2 is 2.19 bits per heavy atom. The fourth-order valence-corrected chi connectivity index (χ4v) is 2.80. The lowest BCUT2D eigenvalue weighted by molar-refractivity contribution is -0.124. The van der Waals surface area contributed by atoms with E-state index in [-0.39, 0.29) is 18.6 Å². The maximum atomic E-state index is 11.8. The Morgan fingerprint density at radius 3 is 2.95 bits per heavy atom. The largest absolute Gasteiger partial charge is 0.383 e. The fourth-order valence-electron chi connectivity index (χ4n) is 2.80. The van der Waals surface area contributed by atoms with Gasteiger partial charge in [-0.3, -0.25) is 4.79 Å². The van der Waals surface area contributed by atoms with E-state index in [1.54, 1.807) is 0 Å². The van der Waals surface area contributed by atoms with E-state index < -0.39 is 5.60 Å². The van der Waals surface area contributed by atoms with Crippen molar-refractivity contribution in [2.24, 2.45) is 0 Å². The quantitative estimate of drug-likeness (QED) is 0.844. The number of carbonyl (C=O) groups is 1. The zero-order chi connectivity index (χ0) is 15.3. The normalized spacial score (nSPS) is 21.1. The maximum absolute atomic E-state index is 11.8. The third-order valence-corrected chi connectivity index (χ3v) is 3.91. The number of aryl methyl sites for hydroxylation is 1. The number of aliphatic hydroxyl groups is 1. The molecular formula is C17H25NO3. The Bertz CT molecular complexity index is 487. The van der Waals surface area contributed by atoms with Crippen molar-refractivity contribution in [2.45, 2.75) is 51.2 Å². The van der Waals surface area contributed by atoms with Crippen LogP contribution in [0, 0.1) is 0 Å². The van der Waals surface area contributed by atoms with Gasteiger partial charge in [-0.1, -0.05) is 24.3 Å². The third kappa shape index (κ3) is 4.29. The summed E-state index contributed by atoms with van der Waals surface area (Å²) in [5.74, 6) is -0.0767. The summed E-state index contributed by atoms with van der Waals surface area (Å²) in [4.78, 5) is 11.8. The molecule has 116 valence electrons. The van der Waals surface area contributed by atoms with Crippen LogP contribution in [0.2, 0.25) is 0 Å². The zero-order valence-electron chi connectivity index (χ0n) is 12.9. The van der Waals surface area contributed by atoms with Gasteiger partial charge >= 0.3 is 0 Å². The highest BCUT2D eigenvalue weighted by molar-refractivity contribution is 5.76. The summed E-state index contributed by atoms with van der Waals surface area (Å²) in [6.45, 7) is 4.57. The second-order valence-electron chi connectivity index (χ2n) is 5.99. The molecule has 1 aliphatic rings. The van der Waals surface area contributed by atoms with Crippen LogP contribution < -0.4 is 5.32 Å². The average molecular weight is 291 g/mol. The monoisotopic (exact) mass is 291 g/mol. The van der Waals surface area contributed by atoms with Crippen LogP contribution in [0.15, 0.2) is 24.3 Å². The van der Waals surface area contributed by atoms with Crippen LogP contribution in [0.3, 0.4) is 0 Å². The summed E-state index contributed by atoms with van der Waals surface area (Å²) in [5.41, 5.74) is 1.20. The summed E-state index contributed by atoms with van der Waals surface area (Å²) >= 11 is 0. The van der Waals surface area contributed by atoms with Crippen LogP contribution in [0.4, 0.5) is 0 Å². The number of nitrogens with one attached hydrogen (secondary N) is 1. The highest BCUT2D eigenvalue weighted by atomic mass is 16.5. The van der Waals surface area contributed by atoms with E-state index in [1.165, 1.54) is 5.56 Å². The molecule has 4 nitrogen and oxygen atoms in total. The van der Waals surface area contributed by atoms with Crippen molar-refractivity contribution >= 4 is 5.91 Å². The maximum Gasteiger partial charge on any atom is 0.222 e. The molecular weight excluding hydrogens is 266 g/mol. The summed E-state index contributed by atoms with van der Waals surface area (Å²) in [6.07, 6.45) is 3.09. The molecule has 0 unspecified atom stereocenters. The first-order chi connectivity index (χ1) is 10.0. The topological polar surface area (TPSA) is 58.6 Å². The second-order valence-corrected chi connectivity index (χ2v) is 5.99. The van der Waals surface area contributed by atoms with Gasteiger partial charge in [-0.25, -0.2) is 0 Å². The van der Waals surface area contributed by atoms with Crippen LogP contribution in [0.5, 0.6) is 0 Å². The highest BCUT2D eigenvalue weighted by Gasteiger charge is 2.34. The lowest BCUT2D eigenvalue weighted by Gasteiger charge is -2.34. The van der Waals surface area contributed by atoms with E-state index in [0.717, 1.165) is 18.4 Å². The van der Waals surface area contributed by atoms with Gasteiger partial charge < -0.3 is 15.2 Å². The second kappa shape index (κ2) is 7.05. The molecule has 0 heterocycles. The van der Waals surface area contributed by atoms with Crippen molar-refractivity contribution in [3.63, 3.8) is 0 Å². The van der Waals surface area contributed by atoms with Crippen molar-refractivity contribution in [3.05, 3.63) is 35.4 Å². The Hall–Kier alpha value is -1.39. The molecule has 1 aromatic carbocycles. The number of hydrogen-bond donors (Lipinski definition) is 2. The van der Waals surface area contributed by atoms with Crippen LogP contribution in [0.1, 0.15) is 44.2 Å². The summed E-state index contributed by atoms with van der Waals surface area (Å²) in [6, 6.07) is 7.94. The standard InChI is InChI=1S/C17H25NO3/c1-13(2)21-11-9-16(19)18-12-17(20)10-5-7-14-6-3-4-8-15(14)17/h3-4,6,8,13,20H,5,7,9-12H2,1-2H3,(H,18,19)/t17-/m1/s1. The molecule has 2 rings (SSSR count). The van der Waals surface area contributed by atoms with E-state index in [2.05, 4.69) is 11.4 Å². The molecule has 0 saturated heterocycles. The van der Waals surface area contributed by atoms with Gasteiger partial charge in [0, 0.05) is 6.42 Å². The zero-order valence-corrected chi connectivity index (χ0v) is 12.9. The average Bonchev–Trinajstić information content (AvgIpc) is 2.45. The first-order valence-electron chi connectivity index (χ1n) is 7.70. The fraction of sp³-hybridized carbons (Fsp3) is 0.588. The summed E-state index contributed by atoms with van der Waals surface area (Å²) < 4.78 is 5.36. The van der Waals surface area contributed by atoms with Gasteiger partial charge in [0.15, 0.2) is 0 Å². The molecule has 1 amide bonds. The number of hydrogen-bond acceptors (Lipinski definition) is 3. The van der Waals surface area contributed by atoms with Gasteiger partial charge in [0.1, 0.15) is 5.60 Å². The Kier molecular flexibility index (Phi) is 5.37. The lowest BCUT2D eigenvalue weighted by atomic mass is 9.79. The number of rotatable bonds is 6. The summed E-state index contributed by atoms with van der Waals surface area (Å²) in [5, 5.41) is 13.7. The molecule has 1 aromatic rings. The minimum absolute atomic E-state index is 0.0767. The van der Waals surface area contributed by atoms with E-state index in [0.29, 0.717) is 19.4 Å². The molecule has 0 saturated carbocycles. The van der Waals surface area contributed by atoms with Crippen molar-refractivity contribution < 1.29 is 14.6 Å². The van der Waals surface area contributed by atoms with Gasteiger partial charge in [0.2, 0.25) is 5.91 Å². The molecule has 4 heteroatoms. The van der Waals surface area contributed by atoms with Crippen molar-refractivity contribution in [1.82, 2.24) is 5.32 Å². The first-order valence-corrected chi connectivity index (χ1v) is 7.70. The molecule has 0 fully saturated rings. The Morgan fingerprint density at radius 1 is 1.43 bits per heavy atom. The number of ether oxygens (including phenoxy) is 1. The van der Waals surface area contributed by atoms with E-state index in [4.69, 9.17) is 4.74 Å². The lowest BCUT2D eigenvalue weighted by Crippen LogP contribution is -2.43. The van der Waals surface area contributed by atoms with Crippen LogP contribution >= 0.6 is 0 Å². The number of amides is 1. The minimum Gasteiger partial charge on any atom is -0.383 e. The summed E-state index contributed by atoms with van der Waals surface area (Å²) in [7, 11) is 0. The molecule has 0 radical (unpaired) electrons. The van der Waals surface area contributed by atoms with Gasteiger partial charge in [-0.15, -0.1) is 0 Å². The van der Waals surface area contributed by atoms with E-state index in [9.17, 15) is 9.90 Å². The van der Waals surface area contributed by atoms with Gasteiger partial charge in [0.25, 0.3) is 0 Å².